The van der Waals surface area contributed by atoms with Crippen LogP contribution in [0.4, 0.5) is 0 Å². The predicted molar refractivity (Wildman–Crippen MR) is 87.1 cm³/mol. The van der Waals surface area contributed by atoms with Crippen LogP contribution in [0, 0.1) is 11.3 Å². The van der Waals surface area contributed by atoms with Crippen LogP contribution in [-0.4, -0.2) is 17.6 Å². The number of benzene rings is 1. The SMILES string of the molecule is C[C@@](O)(CNC(=O)/C=C/c1cccc(C#N)c1)c1cccs1. The third-order valence-corrected chi connectivity index (χ3v) is 4.22. The first-order valence-corrected chi connectivity index (χ1v) is 7.62. The van der Waals surface area contributed by atoms with Crippen molar-refractivity contribution in [3.8, 4) is 6.07 Å². The van der Waals surface area contributed by atoms with E-state index >= 15 is 0 Å². The Morgan fingerprint density at radius 2 is 2.27 bits per heavy atom. The van der Waals surface area contributed by atoms with Crippen molar-refractivity contribution < 1.29 is 9.90 Å². The molecule has 0 unspecified atom stereocenters. The minimum absolute atomic E-state index is 0.134. The lowest BCUT2D eigenvalue weighted by Crippen LogP contribution is -2.37. The highest BCUT2D eigenvalue weighted by molar-refractivity contribution is 7.10. The Morgan fingerprint density at radius 3 is 2.95 bits per heavy atom. The van der Waals surface area contributed by atoms with Gasteiger partial charge in [-0.3, -0.25) is 4.79 Å². The summed E-state index contributed by atoms with van der Waals surface area (Å²) in [5.41, 5.74) is 0.237. The molecular weight excluding hydrogens is 296 g/mol. The van der Waals surface area contributed by atoms with Gasteiger partial charge in [-0.1, -0.05) is 18.2 Å². The molecule has 1 amide bonds. The lowest BCUT2D eigenvalue weighted by molar-refractivity contribution is -0.117. The van der Waals surface area contributed by atoms with Crippen molar-refractivity contribution in [2.75, 3.05) is 6.54 Å². The summed E-state index contributed by atoms with van der Waals surface area (Å²) >= 11 is 1.45. The number of hydrogen-bond donors (Lipinski definition) is 2. The molecule has 22 heavy (non-hydrogen) atoms. The van der Waals surface area contributed by atoms with Crippen LogP contribution < -0.4 is 5.32 Å². The Morgan fingerprint density at radius 1 is 1.45 bits per heavy atom. The van der Waals surface area contributed by atoms with E-state index in [1.165, 1.54) is 17.4 Å². The molecule has 1 heterocycles. The molecule has 0 saturated carbocycles. The lowest BCUT2D eigenvalue weighted by atomic mass is 10.1. The van der Waals surface area contributed by atoms with Crippen LogP contribution in [0.15, 0.2) is 47.9 Å². The van der Waals surface area contributed by atoms with Crippen molar-refractivity contribution in [2.24, 2.45) is 0 Å². The fourth-order valence-corrected chi connectivity index (χ4v) is 2.66. The Labute approximate surface area is 133 Å². The van der Waals surface area contributed by atoms with Gasteiger partial charge in [0.1, 0.15) is 5.60 Å². The van der Waals surface area contributed by atoms with Gasteiger partial charge < -0.3 is 10.4 Å². The van der Waals surface area contributed by atoms with E-state index in [0.717, 1.165) is 10.4 Å². The van der Waals surface area contributed by atoms with Crippen molar-refractivity contribution >= 4 is 23.3 Å². The summed E-state index contributed by atoms with van der Waals surface area (Å²) in [6.07, 6.45) is 3.02. The van der Waals surface area contributed by atoms with Gasteiger partial charge in [-0.15, -0.1) is 11.3 Å². The second kappa shape index (κ2) is 7.03. The van der Waals surface area contributed by atoms with Crippen molar-refractivity contribution in [2.45, 2.75) is 12.5 Å². The van der Waals surface area contributed by atoms with Gasteiger partial charge in [-0.25, -0.2) is 0 Å². The minimum Gasteiger partial charge on any atom is -0.383 e. The Bertz CT molecular complexity index is 713. The molecule has 2 aromatic rings. The molecule has 5 heteroatoms. The highest BCUT2D eigenvalue weighted by atomic mass is 32.1. The molecule has 0 bridgehead atoms. The molecule has 0 aliphatic heterocycles. The first-order valence-electron chi connectivity index (χ1n) is 6.74. The van der Waals surface area contributed by atoms with E-state index < -0.39 is 5.60 Å². The average molecular weight is 312 g/mol. The zero-order chi connectivity index (χ0) is 16.0. The molecule has 0 aliphatic carbocycles. The molecule has 0 spiro atoms. The summed E-state index contributed by atoms with van der Waals surface area (Å²) in [7, 11) is 0. The van der Waals surface area contributed by atoms with Crippen LogP contribution in [0.1, 0.15) is 22.9 Å². The summed E-state index contributed by atoms with van der Waals surface area (Å²) in [6, 6.07) is 12.7. The molecule has 2 rings (SSSR count). The average Bonchev–Trinajstić information content (AvgIpc) is 3.06. The predicted octanol–water partition coefficient (Wildman–Crippen LogP) is 2.66. The van der Waals surface area contributed by atoms with E-state index in [-0.39, 0.29) is 12.5 Å². The number of carbonyl (C=O) groups is 1. The molecule has 0 aliphatic rings. The molecule has 1 aromatic heterocycles. The largest absolute Gasteiger partial charge is 0.383 e. The first kappa shape index (κ1) is 16.0. The van der Waals surface area contributed by atoms with E-state index in [2.05, 4.69) is 5.32 Å². The highest BCUT2D eigenvalue weighted by Crippen LogP contribution is 2.24. The third kappa shape index (κ3) is 4.29. The van der Waals surface area contributed by atoms with Crippen molar-refractivity contribution in [3.63, 3.8) is 0 Å². The van der Waals surface area contributed by atoms with Gasteiger partial charge in [0, 0.05) is 11.0 Å². The van der Waals surface area contributed by atoms with E-state index in [1.54, 1.807) is 31.2 Å². The van der Waals surface area contributed by atoms with E-state index in [9.17, 15) is 9.90 Å². The van der Waals surface area contributed by atoms with Gasteiger partial charge in [0.05, 0.1) is 18.2 Å². The molecule has 0 radical (unpaired) electrons. The second-order valence-corrected chi connectivity index (χ2v) is 5.99. The van der Waals surface area contributed by atoms with Gasteiger partial charge in [-0.2, -0.15) is 5.26 Å². The van der Waals surface area contributed by atoms with Gasteiger partial charge in [0.2, 0.25) is 5.91 Å². The maximum atomic E-state index is 11.8. The molecular formula is C17H16N2O2S. The number of carbonyl (C=O) groups excluding carboxylic acids is 1. The fraction of sp³-hybridized carbons (Fsp3) is 0.176. The van der Waals surface area contributed by atoms with Gasteiger partial charge in [0.25, 0.3) is 0 Å². The number of thiophene rings is 1. The van der Waals surface area contributed by atoms with Crippen molar-refractivity contribution in [1.29, 1.82) is 5.26 Å². The zero-order valence-corrected chi connectivity index (χ0v) is 12.9. The lowest BCUT2D eigenvalue weighted by Gasteiger charge is -2.21. The number of hydrogen-bond acceptors (Lipinski definition) is 4. The quantitative estimate of drug-likeness (QED) is 0.834. The van der Waals surface area contributed by atoms with Crippen LogP contribution in [0.2, 0.25) is 0 Å². The molecule has 2 N–H and O–H groups in total. The van der Waals surface area contributed by atoms with Crippen LogP contribution >= 0.6 is 11.3 Å². The van der Waals surface area contributed by atoms with E-state index in [0.29, 0.717) is 5.56 Å². The number of nitrogens with one attached hydrogen (secondary N) is 1. The smallest absolute Gasteiger partial charge is 0.244 e. The van der Waals surface area contributed by atoms with Crippen LogP contribution in [0.5, 0.6) is 0 Å². The number of aliphatic hydroxyl groups is 1. The highest BCUT2D eigenvalue weighted by Gasteiger charge is 2.24. The molecule has 0 saturated heterocycles. The van der Waals surface area contributed by atoms with E-state index in [4.69, 9.17) is 5.26 Å². The van der Waals surface area contributed by atoms with Crippen molar-refractivity contribution in [3.05, 3.63) is 63.9 Å². The zero-order valence-electron chi connectivity index (χ0n) is 12.1. The second-order valence-electron chi connectivity index (χ2n) is 5.04. The normalized spacial score (nSPS) is 13.5. The number of nitrogens with zero attached hydrogens (tertiary/aromatic N) is 1. The summed E-state index contributed by atoms with van der Waals surface area (Å²) in [5, 5.41) is 23.7. The monoisotopic (exact) mass is 312 g/mol. The van der Waals surface area contributed by atoms with Crippen LogP contribution in [0.25, 0.3) is 6.08 Å². The fourth-order valence-electron chi connectivity index (χ4n) is 1.87. The van der Waals surface area contributed by atoms with Gasteiger partial charge in [-0.05, 0) is 42.1 Å². The number of nitriles is 1. The Kier molecular flexibility index (Phi) is 5.10. The number of rotatable bonds is 5. The summed E-state index contributed by atoms with van der Waals surface area (Å²) in [5.74, 6) is -0.292. The number of amides is 1. The Balaban J connectivity index is 1.93. The van der Waals surface area contributed by atoms with Crippen LogP contribution in [0.3, 0.4) is 0 Å². The third-order valence-electron chi connectivity index (χ3n) is 3.10. The summed E-state index contributed by atoms with van der Waals surface area (Å²) < 4.78 is 0. The maximum Gasteiger partial charge on any atom is 0.244 e. The standard InChI is InChI=1S/C17H16N2O2S/c1-17(21,15-6-3-9-22-15)12-19-16(20)8-7-13-4-2-5-14(10-13)11-18/h2-10,21H,12H2,1H3,(H,19,20)/b8-7+/t17-/m1/s1. The Hall–Kier alpha value is -2.42. The first-order chi connectivity index (χ1) is 10.5. The summed E-state index contributed by atoms with van der Waals surface area (Å²) in [6.45, 7) is 1.80. The minimum atomic E-state index is -1.08. The summed E-state index contributed by atoms with van der Waals surface area (Å²) in [4.78, 5) is 12.6. The molecule has 1 atom stereocenters. The maximum absolute atomic E-state index is 11.8. The molecule has 1 aromatic carbocycles. The van der Waals surface area contributed by atoms with Gasteiger partial charge >= 0.3 is 0 Å². The van der Waals surface area contributed by atoms with Gasteiger partial charge in [0.15, 0.2) is 0 Å². The molecule has 4 nitrogen and oxygen atoms in total. The van der Waals surface area contributed by atoms with E-state index in [1.807, 2.05) is 29.6 Å². The molecule has 0 fully saturated rings. The molecule has 112 valence electrons. The van der Waals surface area contributed by atoms with Crippen molar-refractivity contribution in [1.82, 2.24) is 5.32 Å². The topological polar surface area (TPSA) is 73.1 Å². The van der Waals surface area contributed by atoms with Crippen LogP contribution in [-0.2, 0) is 10.4 Å².